The van der Waals surface area contributed by atoms with E-state index in [-0.39, 0.29) is 46.2 Å². The fraction of sp³-hybridized carbons (Fsp3) is 0. The minimum absolute atomic E-state index is 0. The van der Waals surface area contributed by atoms with E-state index in [0.717, 1.165) is 29.3 Å². The van der Waals surface area contributed by atoms with Gasteiger partial charge in [0.05, 0.1) is 9.79 Å². The maximum atomic E-state index is 12.0. The van der Waals surface area contributed by atoms with Crippen LogP contribution in [0.5, 0.6) is 0 Å². The normalized spacial score (nSPS) is 13.4. The molecular formula is C42H23NaO12S2. The van der Waals surface area contributed by atoms with Crippen LogP contribution < -0.4 is 29.6 Å². The van der Waals surface area contributed by atoms with Gasteiger partial charge in [0.15, 0.2) is 0 Å². The first-order valence-corrected chi connectivity index (χ1v) is 19.3. The Labute approximate surface area is 347 Å². The van der Waals surface area contributed by atoms with Gasteiger partial charge in [-0.25, -0.2) is 8.42 Å². The van der Waals surface area contributed by atoms with Crippen LogP contribution in [0.15, 0.2) is 143 Å². The number of rotatable bonds is 2. The van der Waals surface area contributed by atoms with Gasteiger partial charge in [-0.15, -0.1) is 0 Å². The second-order valence-corrected chi connectivity index (χ2v) is 15.3. The van der Waals surface area contributed by atoms with Crippen LogP contribution in [0, 0.1) is 0 Å². The molecule has 0 saturated carbocycles. The van der Waals surface area contributed by atoms with Crippen molar-refractivity contribution in [3.8, 4) is 33.4 Å². The molecule has 0 amide bonds. The molecule has 57 heavy (non-hydrogen) atoms. The Bertz CT molecular complexity index is 2790. The monoisotopic (exact) mass is 806 g/mol. The van der Waals surface area contributed by atoms with Crippen LogP contribution in [-0.4, -0.2) is 60.6 Å². The molecule has 12 nitrogen and oxygen atoms in total. The SMILES string of the molecule is O=C1C(=O)c2cc(S(=O)(=O)O)ccc2-c2ccccc21.O=C1C(=O)c2cc(S(=O)(=O)[O-])ccc2-c2ccccc21.O=C1C(=O)c2ccccc2-c2ccccc21.[Na+]. The van der Waals surface area contributed by atoms with E-state index >= 15 is 0 Å². The second-order valence-electron chi connectivity index (χ2n) is 12.5. The number of hydrogen-bond acceptors (Lipinski definition) is 11. The Kier molecular flexibility index (Phi) is 11.2. The molecule has 0 unspecified atom stereocenters. The fourth-order valence-corrected chi connectivity index (χ4v) is 7.61. The largest absolute Gasteiger partial charge is 1.00 e. The van der Waals surface area contributed by atoms with Gasteiger partial charge in [-0.1, -0.05) is 109 Å². The summed E-state index contributed by atoms with van der Waals surface area (Å²) in [6, 6.07) is 34.8. The zero-order valence-electron chi connectivity index (χ0n) is 29.5. The van der Waals surface area contributed by atoms with Gasteiger partial charge < -0.3 is 4.55 Å². The molecule has 0 heterocycles. The van der Waals surface area contributed by atoms with E-state index in [1.807, 2.05) is 24.3 Å². The topological polar surface area (TPSA) is 214 Å². The van der Waals surface area contributed by atoms with E-state index in [1.54, 1.807) is 66.7 Å². The summed E-state index contributed by atoms with van der Waals surface area (Å²) in [6.07, 6.45) is 0. The molecule has 3 aliphatic rings. The first-order valence-electron chi connectivity index (χ1n) is 16.4. The van der Waals surface area contributed by atoms with Crippen molar-refractivity contribution in [2.24, 2.45) is 0 Å². The Balaban J connectivity index is 0.000000144. The van der Waals surface area contributed by atoms with Crippen molar-refractivity contribution in [3.63, 3.8) is 0 Å². The second kappa shape index (κ2) is 15.6. The van der Waals surface area contributed by atoms with Gasteiger partial charge in [-0.2, -0.15) is 8.42 Å². The van der Waals surface area contributed by atoms with Crippen molar-refractivity contribution in [1.29, 1.82) is 0 Å². The molecule has 6 aromatic rings. The average molecular weight is 807 g/mol. The van der Waals surface area contributed by atoms with E-state index < -0.39 is 64.7 Å². The van der Waals surface area contributed by atoms with Crippen LogP contribution in [-0.2, 0) is 20.2 Å². The quantitative estimate of drug-likeness (QED) is 0.152. The molecule has 0 atom stereocenters. The molecule has 15 heteroatoms. The van der Waals surface area contributed by atoms with Gasteiger partial charge in [0.2, 0.25) is 34.7 Å². The van der Waals surface area contributed by atoms with Gasteiger partial charge in [0.25, 0.3) is 10.1 Å². The number of benzene rings is 6. The first kappa shape index (κ1) is 40.8. The van der Waals surface area contributed by atoms with Crippen molar-refractivity contribution in [3.05, 3.63) is 167 Å². The molecule has 0 fully saturated rings. The molecule has 1 N–H and O–H groups in total. The molecule has 0 aliphatic heterocycles. The Morgan fingerprint density at radius 1 is 0.333 bits per heavy atom. The van der Waals surface area contributed by atoms with E-state index in [2.05, 4.69) is 0 Å². The number of carbonyl (C=O) groups is 6. The van der Waals surface area contributed by atoms with Crippen LogP contribution in [0.2, 0.25) is 0 Å². The van der Waals surface area contributed by atoms with E-state index in [4.69, 9.17) is 4.55 Å². The Morgan fingerprint density at radius 2 is 0.561 bits per heavy atom. The number of hydrogen-bond donors (Lipinski definition) is 1. The van der Waals surface area contributed by atoms with Crippen molar-refractivity contribution < 1.29 is 84.3 Å². The summed E-state index contributed by atoms with van der Waals surface area (Å²) >= 11 is 0. The van der Waals surface area contributed by atoms with E-state index in [1.165, 1.54) is 24.3 Å². The average Bonchev–Trinajstić information content (AvgIpc) is 3.20. The standard InChI is InChI=1S/2C14H8O5S.C14H8O2.Na/c2*15-13-11-4-2-1-3-9(11)10-6-5-8(20(17,18)19)7-12(10)14(13)16;15-13-11-7-3-1-5-9(11)10-6-2-4-8-12(10)14(13)16;/h2*1-7H,(H,17,18,19);1-8H;/q;;;+1/p-1. The summed E-state index contributed by atoms with van der Waals surface area (Å²) in [4.78, 5) is 70.7. The summed E-state index contributed by atoms with van der Waals surface area (Å²) in [5, 5.41) is 0. The van der Waals surface area contributed by atoms with Crippen molar-refractivity contribution in [1.82, 2.24) is 0 Å². The maximum Gasteiger partial charge on any atom is 1.00 e. The summed E-state index contributed by atoms with van der Waals surface area (Å²) < 4.78 is 64.2. The van der Waals surface area contributed by atoms with E-state index in [9.17, 15) is 50.2 Å². The molecule has 9 rings (SSSR count). The molecule has 3 aliphatic carbocycles. The van der Waals surface area contributed by atoms with Crippen LogP contribution in [0.1, 0.15) is 62.1 Å². The molecule has 0 bridgehead atoms. The summed E-state index contributed by atoms with van der Waals surface area (Å²) in [7, 11) is -9.09. The summed E-state index contributed by atoms with van der Waals surface area (Å²) in [5.41, 5.74) is 5.30. The first-order chi connectivity index (χ1) is 26.6. The molecule has 0 spiro atoms. The third-order valence-electron chi connectivity index (χ3n) is 9.23. The smallest absolute Gasteiger partial charge is 0.744 e. The molecule has 276 valence electrons. The third-order valence-corrected chi connectivity index (χ3v) is 10.9. The van der Waals surface area contributed by atoms with Crippen LogP contribution >= 0.6 is 0 Å². The Hall–Kier alpha value is -5.84. The molecule has 0 radical (unpaired) electrons. The van der Waals surface area contributed by atoms with Gasteiger partial charge in [-0.05, 0) is 57.6 Å². The number of carbonyl (C=O) groups excluding carboxylic acids is 6. The zero-order chi connectivity index (χ0) is 40.1. The van der Waals surface area contributed by atoms with Crippen LogP contribution in [0.25, 0.3) is 33.4 Å². The summed E-state index contributed by atoms with van der Waals surface area (Å²) in [5.74, 6) is -3.77. The summed E-state index contributed by atoms with van der Waals surface area (Å²) in [6.45, 7) is 0. The van der Waals surface area contributed by atoms with Crippen molar-refractivity contribution in [2.45, 2.75) is 9.79 Å². The molecule has 0 aromatic heterocycles. The van der Waals surface area contributed by atoms with Crippen LogP contribution in [0.3, 0.4) is 0 Å². The molecule has 0 saturated heterocycles. The minimum Gasteiger partial charge on any atom is -0.744 e. The van der Waals surface area contributed by atoms with Gasteiger partial charge in [0.1, 0.15) is 10.1 Å². The Morgan fingerprint density at radius 3 is 0.842 bits per heavy atom. The fourth-order valence-electron chi connectivity index (χ4n) is 6.61. The van der Waals surface area contributed by atoms with Crippen LogP contribution in [0.4, 0.5) is 0 Å². The molecular weight excluding hydrogens is 784 g/mol. The van der Waals surface area contributed by atoms with Gasteiger partial charge in [0, 0.05) is 33.4 Å². The number of fused-ring (bicyclic) bond motifs is 9. The van der Waals surface area contributed by atoms with Gasteiger partial charge >= 0.3 is 29.6 Å². The molecule has 6 aromatic carbocycles. The van der Waals surface area contributed by atoms with Crippen molar-refractivity contribution in [2.75, 3.05) is 0 Å². The maximum absolute atomic E-state index is 12.0. The zero-order valence-corrected chi connectivity index (χ0v) is 33.1. The number of ketones is 6. The van der Waals surface area contributed by atoms with E-state index in [0.29, 0.717) is 38.9 Å². The predicted molar refractivity (Wildman–Crippen MR) is 199 cm³/mol. The minimum atomic E-state index is -4.67. The van der Waals surface area contributed by atoms with Gasteiger partial charge in [-0.3, -0.25) is 33.3 Å². The predicted octanol–water partition coefficient (Wildman–Crippen LogP) is 3.35. The third kappa shape index (κ3) is 7.55. The number of Topliss-reactive ketones (excluding diaryl/α,β-unsaturated/α-hetero) is 6. The van der Waals surface area contributed by atoms with Crippen molar-refractivity contribution >= 4 is 54.9 Å².